The van der Waals surface area contributed by atoms with E-state index in [1.54, 1.807) is 18.2 Å². The number of nitrogens with zero attached hydrogens (tertiary/aromatic N) is 1. The number of benzene rings is 2. The largest absolute Gasteiger partial charge is 0.289 e. The lowest BCUT2D eigenvalue weighted by Gasteiger charge is -2.12. The van der Waals surface area contributed by atoms with Crippen LogP contribution in [0.5, 0.6) is 0 Å². The lowest BCUT2D eigenvalue weighted by atomic mass is 10.0. The summed E-state index contributed by atoms with van der Waals surface area (Å²) in [5, 5.41) is 9.57. The fourth-order valence-corrected chi connectivity index (χ4v) is 3.60. The number of carbonyl (C=O) groups excluding carboxylic acids is 1. The summed E-state index contributed by atoms with van der Waals surface area (Å²) in [7, 11) is -3.86. The van der Waals surface area contributed by atoms with E-state index in [9.17, 15) is 18.4 Å². The van der Waals surface area contributed by atoms with Crippen LogP contribution in [-0.4, -0.2) is 19.4 Å². The van der Waals surface area contributed by atoms with E-state index in [1.807, 2.05) is 0 Å². The minimum absolute atomic E-state index is 0.0781. The predicted octanol–water partition coefficient (Wildman–Crippen LogP) is 2.90. The van der Waals surface area contributed by atoms with E-state index in [-0.39, 0.29) is 21.7 Å². The lowest BCUT2D eigenvalue weighted by Crippen LogP contribution is -2.28. The third kappa shape index (κ3) is 3.84. The van der Waals surface area contributed by atoms with Crippen molar-refractivity contribution in [3.05, 3.63) is 89.2 Å². The molecule has 1 heterocycles. The number of aromatic nitrogens is 1. The molecule has 26 heavy (non-hydrogen) atoms. The number of nitrogens with one attached hydrogen (secondary N) is 1. The molecule has 0 radical (unpaired) electrons. The third-order valence-corrected chi connectivity index (χ3v) is 5.22. The van der Waals surface area contributed by atoms with Crippen molar-refractivity contribution in [2.24, 2.45) is 0 Å². The Morgan fingerprint density at radius 3 is 2.31 bits per heavy atom. The van der Waals surface area contributed by atoms with Gasteiger partial charge < -0.3 is 0 Å². The Bertz CT molecular complexity index is 1050. The smallest absolute Gasteiger partial charge is 0.261 e. The lowest BCUT2D eigenvalue weighted by molar-refractivity contribution is -0.904. The van der Waals surface area contributed by atoms with Gasteiger partial charge in [0, 0.05) is 33.0 Å². The van der Waals surface area contributed by atoms with Crippen LogP contribution in [0.15, 0.2) is 78.0 Å². The van der Waals surface area contributed by atoms with Crippen LogP contribution in [-0.2, 0) is 10.0 Å². The molecule has 6 nitrogen and oxygen atoms in total. The van der Waals surface area contributed by atoms with Crippen LogP contribution < -0.4 is 9.45 Å². The second-order valence-electron chi connectivity index (χ2n) is 5.40. The Morgan fingerprint density at radius 2 is 1.65 bits per heavy atom. The van der Waals surface area contributed by atoms with E-state index in [0.717, 1.165) is 4.73 Å². The summed E-state index contributed by atoms with van der Waals surface area (Å²) < 4.78 is 28.3. The summed E-state index contributed by atoms with van der Waals surface area (Å²) in [6, 6.07) is 15.0. The van der Waals surface area contributed by atoms with E-state index in [0.29, 0.717) is 5.02 Å². The standard InChI is InChI=1S/C18H13ClN2O4S/c19-14-6-7-17(20-26(24,25)15-4-2-1-3-5-15)16(12-14)18(22)13-8-10-21(23)11-9-13/h1-12H,(H-,20,22,23)/p+1. The molecule has 0 unspecified atom stereocenters. The third-order valence-electron chi connectivity index (χ3n) is 3.60. The van der Waals surface area contributed by atoms with Crippen molar-refractivity contribution in [1.82, 2.24) is 0 Å². The first-order valence-corrected chi connectivity index (χ1v) is 9.35. The monoisotopic (exact) mass is 389 g/mol. The van der Waals surface area contributed by atoms with Gasteiger partial charge in [0.2, 0.25) is 12.4 Å². The van der Waals surface area contributed by atoms with Crippen LogP contribution in [0.3, 0.4) is 0 Å². The zero-order valence-corrected chi connectivity index (χ0v) is 14.9. The maximum Gasteiger partial charge on any atom is 0.261 e. The fourth-order valence-electron chi connectivity index (χ4n) is 2.32. The number of rotatable bonds is 5. The molecule has 0 saturated heterocycles. The number of hydrogen-bond acceptors (Lipinski definition) is 4. The average Bonchev–Trinajstić information content (AvgIpc) is 2.64. The number of hydrogen-bond donors (Lipinski definition) is 2. The second kappa shape index (κ2) is 7.15. The van der Waals surface area contributed by atoms with Crippen LogP contribution in [0.2, 0.25) is 5.02 Å². The van der Waals surface area contributed by atoms with Gasteiger partial charge in [0.15, 0.2) is 5.78 Å². The first-order valence-electron chi connectivity index (χ1n) is 7.49. The van der Waals surface area contributed by atoms with Crippen molar-refractivity contribution in [2.75, 3.05) is 4.72 Å². The van der Waals surface area contributed by atoms with Gasteiger partial charge >= 0.3 is 0 Å². The number of ketones is 1. The van der Waals surface area contributed by atoms with Crippen molar-refractivity contribution >= 4 is 33.1 Å². The van der Waals surface area contributed by atoms with Gasteiger partial charge in [-0.2, -0.15) is 0 Å². The van der Waals surface area contributed by atoms with Crippen LogP contribution in [0.1, 0.15) is 15.9 Å². The summed E-state index contributed by atoms with van der Waals surface area (Å²) in [6.07, 6.45) is 2.59. The molecule has 0 amide bonds. The normalized spacial score (nSPS) is 11.1. The molecule has 2 N–H and O–H groups in total. The number of halogens is 1. The first kappa shape index (κ1) is 17.9. The SMILES string of the molecule is O=C(c1cc[n+](O)cc1)c1cc(Cl)ccc1NS(=O)(=O)c1ccccc1. The van der Waals surface area contributed by atoms with E-state index in [4.69, 9.17) is 11.6 Å². The molecule has 0 bridgehead atoms. The summed E-state index contributed by atoms with van der Waals surface area (Å²) in [4.78, 5) is 12.8. The molecule has 0 aliphatic carbocycles. The van der Waals surface area contributed by atoms with Crippen molar-refractivity contribution in [3.8, 4) is 0 Å². The molecule has 0 saturated carbocycles. The van der Waals surface area contributed by atoms with Crippen LogP contribution in [0.25, 0.3) is 0 Å². The Hall–Kier alpha value is -2.90. The molecule has 0 fully saturated rings. The maximum atomic E-state index is 12.8. The number of sulfonamides is 1. The number of carbonyl (C=O) groups is 1. The number of anilines is 1. The van der Waals surface area contributed by atoms with E-state index in [1.165, 1.54) is 54.9 Å². The fraction of sp³-hybridized carbons (Fsp3) is 0. The van der Waals surface area contributed by atoms with E-state index >= 15 is 0 Å². The zero-order chi connectivity index (χ0) is 18.7. The van der Waals surface area contributed by atoms with Gasteiger partial charge in [-0.3, -0.25) is 14.7 Å². The average molecular weight is 390 g/mol. The molecule has 0 aliphatic heterocycles. The first-order chi connectivity index (χ1) is 12.4. The highest BCUT2D eigenvalue weighted by Crippen LogP contribution is 2.26. The molecular weight excluding hydrogens is 376 g/mol. The van der Waals surface area contributed by atoms with Crippen LogP contribution >= 0.6 is 11.6 Å². The van der Waals surface area contributed by atoms with E-state index < -0.39 is 15.8 Å². The molecule has 0 aliphatic rings. The summed E-state index contributed by atoms with van der Waals surface area (Å²) in [6.45, 7) is 0. The highest BCUT2D eigenvalue weighted by molar-refractivity contribution is 7.92. The molecule has 3 rings (SSSR count). The molecule has 2 aromatic carbocycles. The van der Waals surface area contributed by atoms with Gasteiger partial charge in [-0.15, -0.1) is 0 Å². The van der Waals surface area contributed by atoms with Crippen LogP contribution in [0, 0.1) is 0 Å². The molecule has 0 spiro atoms. The zero-order valence-electron chi connectivity index (χ0n) is 13.3. The van der Waals surface area contributed by atoms with Gasteiger partial charge in [0.25, 0.3) is 10.0 Å². The predicted molar refractivity (Wildman–Crippen MR) is 96.0 cm³/mol. The minimum Gasteiger partial charge on any atom is -0.289 e. The Balaban J connectivity index is 2.01. The van der Waals surface area contributed by atoms with Gasteiger partial charge in [0.05, 0.1) is 10.6 Å². The van der Waals surface area contributed by atoms with Crippen molar-refractivity contribution in [1.29, 1.82) is 0 Å². The summed E-state index contributed by atoms with van der Waals surface area (Å²) in [5.74, 6) is -0.432. The van der Waals surface area contributed by atoms with Crippen molar-refractivity contribution in [2.45, 2.75) is 4.90 Å². The molecular formula is C18H14ClN2O4S+. The second-order valence-corrected chi connectivity index (χ2v) is 7.52. The van der Waals surface area contributed by atoms with Gasteiger partial charge in [-0.05, 0) is 30.3 Å². The quantitative estimate of drug-likeness (QED) is 0.399. The highest BCUT2D eigenvalue weighted by atomic mass is 35.5. The summed E-state index contributed by atoms with van der Waals surface area (Å²) >= 11 is 5.99. The molecule has 132 valence electrons. The van der Waals surface area contributed by atoms with Crippen molar-refractivity contribution in [3.63, 3.8) is 0 Å². The Labute approximate surface area is 155 Å². The van der Waals surface area contributed by atoms with Crippen molar-refractivity contribution < 1.29 is 23.1 Å². The Kier molecular flexibility index (Phi) is 4.92. The maximum absolute atomic E-state index is 12.8. The molecule has 8 heteroatoms. The summed E-state index contributed by atoms with van der Waals surface area (Å²) in [5.41, 5.74) is 0.495. The van der Waals surface area contributed by atoms with Gasteiger partial charge in [-0.1, -0.05) is 29.8 Å². The van der Waals surface area contributed by atoms with Crippen LogP contribution in [0.4, 0.5) is 5.69 Å². The molecule has 1 aromatic heterocycles. The minimum atomic E-state index is -3.86. The van der Waals surface area contributed by atoms with E-state index in [2.05, 4.69) is 4.72 Å². The highest BCUT2D eigenvalue weighted by Gasteiger charge is 2.20. The molecule has 3 aromatic rings. The Morgan fingerprint density at radius 1 is 1.00 bits per heavy atom. The number of pyridine rings is 1. The molecule has 0 atom stereocenters. The van der Waals surface area contributed by atoms with Gasteiger partial charge in [-0.25, -0.2) is 8.42 Å². The van der Waals surface area contributed by atoms with Gasteiger partial charge in [0.1, 0.15) is 0 Å². The topological polar surface area (TPSA) is 87.3 Å².